The summed E-state index contributed by atoms with van der Waals surface area (Å²) in [6, 6.07) is 0. The molecule has 1 aromatic rings. The highest BCUT2D eigenvalue weighted by Crippen LogP contribution is 2.43. The Balaban J connectivity index is 1.49. The van der Waals surface area contributed by atoms with Crippen LogP contribution >= 0.6 is 0 Å². The number of H-pyrrole nitrogens is 1. The van der Waals surface area contributed by atoms with Gasteiger partial charge in [-0.3, -0.25) is 14.7 Å². The zero-order valence-electron chi connectivity index (χ0n) is 17.5. The predicted molar refractivity (Wildman–Crippen MR) is 107 cm³/mol. The number of amides is 2. The van der Waals surface area contributed by atoms with Gasteiger partial charge in [-0.1, -0.05) is 0 Å². The van der Waals surface area contributed by atoms with Crippen molar-refractivity contribution in [1.29, 1.82) is 0 Å². The number of piperidine rings is 2. The molecule has 1 aromatic heterocycles. The van der Waals surface area contributed by atoms with Crippen molar-refractivity contribution in [2.24, 2.45) is 5.41 Å². The molecule has 154 valence electrons. The minimum Gasteiger partial charge on any atom is -0.341 e. The summed E-state index contributed by atoms with van der Waals surface area (Å²) in [6.07, 6.45) is 5.88. The fourth-order valence-corrected chi connectivity index (χ4v) is 4.87. The molecule has 7 nitrogen and oxygen atoms in total. The number of aryl methyl sites for hydroxylation is 1. The average molecular weight is 388 g/mol. The Morgan fingerprint density at radius 1 is 1.29 bits per heavy atom. The topological polar surface area (TPSA) is 72.5 Å². The molecule has 0 aromatic carbocycles. The summed E-state index contributed by atoms with van der Waals surface area (Å²) in [6.45, 7) is 5.95. The number of carbonyl (C=O) groups excluding carboxylic acids is 2. The van der Waals surface area contributed by atoms with Gasteiger partial charge in [0.1, 0.15) is 0 Å². The van der Waals surface area contributed by atoms with E-state index in [-0.39, 0.29) is 17.2 Å². The van der Waals surface area contributed by atoms with Crippen molar-refractivity contribution in [3.63, 3.8) is 0 Å². The molecular weight excluding hydrogens is 354 g/mol. The van der Waals surface area contributed by atoms with Gasteiger partial charge in [0.2, 0.25) is 5.91 Å². The number of rotatable bonds is 5. The van der Waals surface area contributed by atoms with Crippen LogP contribution in [0.3, 0.4) is 0 Å². The van der Waals surface area contributed by atoms with Gasteiger partial charge in [0.15, 0.2) is 0 Å². The van der Waals surface area contributed by atoms with Crippen LogP contribution < -0.4 is 0 Å². The maximum Gasteiger partial charge on any atom is 0.257 e. The van der Waals surface area contributed by atoms with E-state index in [2.05, 4.69) is 15.1 Å². The molecule has 1 N–H and O–H groups in total. The Morgan fingerprint density at radius 2 is 2.07 bits per heavy atom. The lowest BCUT2D eigenvalue weighted by atomic mass is 9.73. The number of aromatic amines is 1. The molecule has 7 heteroatoms. The Bertz CT molecular complexity index is 754. The number of nitrogens with one attached hydrogen (secondary N) is 1. The third-order valence-corrected chi connectivity index (χ3v) is 6.67. The summed E-state index contributed by atoms with van der Waals surface area (Å²) in [5.41, 5.74) is 2.70. The second kappa shape index (κ2) is 7.50. The molecule has 2 amide bonds. The van der Waals surface area contributed by atoms with Gasteiger partial charge in [-0.05, 0) is 53.1 Å². The first-order valence-electron chi connectivity index (χ1n) is 10.7. The Kier molecular flexibility index (Phi) is 5.21. The second-order valence-electron chi connectivity index (χ2n) is 9.33. The lowest BCUT2D eigenvalue weighted by molar-refractivity contribution is -0.139. The van der Waals surface area contributed by atoms with Crippen LogP contribution in [0.25, 0.3) is 0 Å². The van der Waals surface area contributed by atoms with Crippen LogP contribution in [-0.4, -0.2) is 83.5 Å². The molecule has 0 radical (unpaired) electrons. The van der Waals surface area contributed by atoms with E-state index in [9.17, 15) is 9.59 Å². The fourth-order valence-electron chi connectivity index (χ4n) is 4.87. The smallest absolute Gasteiger partial charge is 0.257 e. The molecule has 1 spiro atoms. The Labute approximate surface area is 167 Å². The van der Waals surface area contributed by atoms with Gasteiger partial charge in [0, 0.05) is 56.2 Å². The van der Waals surface area contributed by atoms with Gasteiger partial charge in [-0.15, -0.1) is 0 Å². The standard InChI is InChI=1S/C21H33N5O2/c1-15-18(19(23-22-15)16-5-6-16)20(28)26-10-4-8-21(14-26)9-7-17(27)25(13-21)12-11-24(2)3/h16H,4-14H2,1-3H3,(H,22,23)/t21-/m0/s1. The number of hydrogen-bond donors (Lipinski definition) is 1. The van der Waals surface area contributed by atoms with Gasteiger partial charge in [-0.2, -0.15) is 5.10 Å². The van der Waals surface area contributed by atoms with Crippen molar-refractivity contribution in [1.82, 2.24) is 24.9 Å². The molecule has 3 aliphatic rings. The third-order valence-electron chi connectivity index (χ3n) is 6.67. The van der Waals surface area contributed by atoms with Gasteiger partial charge in [-0.25, -0.2) is 0 Å². The third kappa shape index (κ3) is 3.81. The number of likely N-dealkylation sites (N-methyl/N-ethyl adjacent to an activating group) is 1. The quantitative estimate of drug-likeness (QED) is 0.839. The number of carbonyl (C=O) groups is 2. The van der Waals surface area contributed by atoms with Crippen LogP contribution in [0.4, 0.5) is 0 Å². The first kappa shape index (κ1) is 19.4. The minimum atomic E-state index is 0.0471. The number of nitrogens with zero attached hydrogens (tertiary/aromatic N) is 4. The maximum atomic E-state index is 13.4. The molecular formula is C21H33N5O2. The zero-order chi connectivity index (χ0) is 19.9. The molecule has 1 saturated carbocycles. The molecule has 28 heavy (non-hydrogen) atoms. The van der Waals surface area contributed by atoms with Crippen LogP contribution in [-0.2, 0) is 4.79 Å². The highest BCUT2D eigenvalue weighted by Gasteiger charge is 2.43. The number of hydrogen-bond acceptors (Lipinski definition) is 4. The first-order valence-corrected chi connectivity index (χ1v) is 10.7. The Hall–Kier alpha value is -1.89. The molecule has 2 saturated heterocycles. The average Bonchev–Trinajstić information content (AvgIpc) is 3.44. The van der Waals surface area contributed by atoms with E-state index in [1.165, 1.54) is 0 Å². The van der Waals surface area contributed by atoms with E-state index < -0.39 is 0 Å². The van der Waals surface area contributed by atoms with E-state index >= 15 is 0 Å². The molecule has 4 rings (SSSR count). The van der Waals surface area contributed by atoms with Crippen molar-refractivity contribution in [2.45, 2.75) is 51.4 Å². The molecule has 0 bridgehead atoms. The number of likely N-dealkylation sites (tertiary alicyclic amines) is 2. The van der Waals surface area contributed by atoms with E-state index in [1.807, 2.05) is 30.8 Å². The molecule has 3 heterocycles. The lowest BCUT2D eigenvalue weighted by Crippen LogP contribution is -2.55. The van der Waals surface area contributed by atoms with Gasteiger partial charge >= 0.3 is 0 Å². The Morgan fingerprint density at radius 3 is 2.79 bits per heavy atom. The maximum absolute atomic E-state index is 13.4. The molecule has 1 atom stereocenters. The van der Waals surface area contributed by atoms with Crippen LogP contribution in [0, 0.1) is 12.3 Å². The van der Waals surface area contributed by atoms with E-state index in [1.54, 1.807) is 0 Å². The van der Waals surface area contributed by atoms with Crippen LogP contribution in [0.2, 0.25) is 0 Å². The van der Waals surface area contributed by atoms with E-state index in [0.717, 1.165) is 81.8 Å². The summed E-state index contributed by atoms with van der Waals surface area (Å²) in [5, 5.41) is 7.47. The van der Waals surface area contributed by atoms with Crippen LogP contribution in [0.5, 0.6) is 0 Å². The highest BCUT2D eigenvalue weighted by molar-refractivity contribution is 5.96. The molecule has 1 aliphatic carbocycles. The zero-order valence-corrected chi connectivity index (χ0v) is 17.5. The summed E-state index contributed by atoms with van der Waals surface area (Å²) in [4.78, 5) is 32.0. The van der Waals surface area contributed by atoms with E-state index in [0.29, 0.717) is 12.3 Å². The monoisotopic (exact) mass is 387 g/mol. The summed E-state index contributed by atoms with van der Waals surface area (Å²) >= 11 is 0. The van der Waals surface area contributed by atoms with Crippen LogP contribution in [0.15, 0.2) is 0 Å². The van der Waals surface area contributed by atoms with Crippen molar-refractivity contribution in [3.05, 3.63) is 17.0 Å². The molecule has 2 aliphatic heterocycles. The first-order chi connectivity index (χ1) is 13.4. The minimum absolute atomic E-state index is 0.0471. The van der Waals surface area contributed by atoms with Gasteiger partial charge in [0.05, 0.1) is 11.3 Å². The fraction of sp³-hybridized carbons (Fsp3) is 0.762. The van der Waals surface area contributed by atoms with Crippen LogP contribution in [0.1, 0.15) is 66.2 Å². The second-order valence-corrected chi connectivity index (χ2v) is 9.33. The summed E-state index contributed by atoms with van der Waals surface area (Å²) in [7, 11) is 4.08. The van der Waals surface area contributed by atoms with Crippen molar-refractivity contribution < 1.29 is 9.59 Å². The summed E-state index contributed by atoms with van der Waals surface area (Å²) < 4.78 is 0. The lowest BCUT2D eigenvalue weighted by Gasteiger charge is -2.48. The SMILES string of the molecule is Cc1[nH]nc(C2CC2)c1C(=O)N1CCC[C@@]2(CCC(=O)N(CCN(C)C)C2)C1. The van der Waals surface area contributed by atoms with E-state index in [4.69, 9.17) is 0 Å². The normalized spacial score (nSPS) is 25.8. The largest absolute Gasteiger partial charge is 0.341 e. The van der Waals surface area contributed by atoms with Crippen molar-refractivity contribution in [2.75, 3.05) is 46.8 Å². The van der Waals surface area contributed by atoms with Crippen molar-refractivity contribution in [3.8, 4) is 0 Å². The molecule has 0 unspecified atom stereocenters. The predicted octanol–water partition coefficient (Wildman–Crippen LogP) is 2.00. The highest BCUT2D eigenvalue weighted by atomic mass is 16.2. The van der Waals surface area contributed by atoms with Crippen molar-refractivity contribution >= 4 is 11.8 Å². The number of aromatic nitrogens is 2. The summed E-state index contributed by atoms with van der Waals surface area (Å²) in [5.74, 6) is 0.845. The van der Waals surface area contributed by atoms with Gasteiger partial charge in [0.25, 0.3) is 5.91 Å². The molecule has 3 fully saturated rings. The van der Waals surface area contributed by atoms with Gasteiger partial charge < -0.3 is 14.7 Å².